The average molecular weight is 109 g/mol. The van der Waals surface area contributed by atoms with Crippen molar-refractivity contribution in [3.63, 3.8) is 0 Å². The van der Waals surface area contributed by atoms with Crippen LogP contribution in [0.1, 0.15) is 0 Å². The summed E-state index contributed by atoms with van der Waals surface area (Å²) >= 11 is 0.739. The van der Waals surface area contributed by atoms with Gasteiger partial charge in [0.15, 0.2) is 0 Å². The van der Waals surface area contributed by atoms with E-state index in [1.807, 2.05) is 0 Å². The molecular formula is Na2O2P. The van der Waals surface area contributed by atoms with E-state index in [1.54, 1.807) is 0 Å². The van der Waals surface area contributed by atoms with Gasteiger partial charge in [0.05, 0.1) is 0 Å². The van der Waals surface area contributed by atoms with Gasteiger partial charge in [-0.3, -0.25) is 0 Å². The first-order chi connectivity index (χ1) is 2.00. The van der Waals surface area contributed by atoms with Crippen molar-refractivity contribution >= 4 is 55.5 Å². The fraction of sp³-hybridized carbons (Fsp3) is 0. The van der Waals surface area contributed by atoms with Crippen LogP contribution in [0, 0.1) is 0 Å². The van der Waals surface area contributed by atoms with Gasteiger partial charge in [-0.15, -0.1) is 0 Å². The summed E-state index contributed by atoms with van der Waals surface area (Å²) in [7, 11) is 0. The molecule has 0 atom stereocenters. The van der Waals surface area contributed by atoms with E-state index in [9.17, 15) is 9.46 Å². The molecule has 0 saturated carbocycles. The van der Waals surface area contributed by atoms with E-state index in [2.05, 4.69) is 0 Å². The zero-order valence-electron chi connectivity index (χ0n) is 3.26. The van der Waals surface area contributed by atoms with E-state index in [0.29, 0.717) is 54.6 Å². The molecule has 0 aliphatic carbocycles. The Labute approximate surface area is 63.9 Å². The predicted octanol–water partition coefficient (Wildman–Crippen LogP) is -0.138. The molecule has 2 nitrogen and oxygen atoms in total. The topological polar surface area (TPSA) is 37.0 Å². The standard InChI is InChI=1S/2Na.O2P/c;;1-3-2. The SMILES string of the molecule is [O][P](=O)([Na])[Na]. The summed E-state index contributed by atoms with van der Waals surface area (Å²) in [5, 5.41) is 0. The van der Waals surface area contributed by atoms with Gasteiger partial charge in [-0.1, -0.05) is 0 Å². The van der Waals surface area contributed by atoms with E-state index in [-0.39, 0.29) is 0 Å². The van der Waals surface area contributed by atoms with E-state index >= 15 is 0 Å². The summed E-state index contributed by atoms with van der Waals surface area (Å²) in [6, 6.07) is 0. The van der Waals surface area contributed by atoms with Gasteiger partial charge in [-0.25, -0.2) is 0 Å². The summed E-state index contributed by atoms with van der Waals surface area (Å²) in [6.07, 6.45) is 0. The van der Waals surface area contributed by atoms with Crippen LogP contribution in [0.5, 0.6) is 0 Å². The first-order valence-corrected chi connectivity index (χ1v) is 9.15. The van der Waals surface area contributed by atoms with Gasteiger partial charge >= 0.3 is 64.9 Å². The van der Waals surface area contributed by atoms with Crippen LogP contribution < -0.4 is 0 Å². The fourth-order valence-electron chi connectivity index (χ4n) is 0. The maximum absolute atomic E-state index is 9.78. The zero-order chi connectivity index (χ0) is 4.50. The first-order valence-electron chi connectivity index (χ1n) is 1.26. The maximum atomic E-state index is 9.78. The van der Waals surface area contributed by atoms with E-state index in [0.717, 1.165) is 0 Å². The van der Waals surface area contributed by atoms with Crippen LogP contribution >= 0.6 is 0.883 Å². The third kappa shape index (κ3) is 22.7. The molecule has 0 aliphatic heterocycles. The molecule has 0 aromatic heterocycles. The minimum atomic E-state index is -2.61. The van der Waals surface area contributed by atoms with Crippen molar-refractivity contribution in [3.8, 4) is 0 Å². The van der Waals surface area contributed by atoms with Crippen LogP contribution in [0.2, 0.25) is 0 Å². The van der Waals surface area contributed by atoms with Crippen LogP contribution in [-0.4, -0.2) is 54.6 Å². The molecule has 0 unspecified atom stereocenters. The molecule has 1 radical (unpaired) electrons. The Hall–Kier alpha value is 2.19. The van der Waals surface area contributed by atoms with Crippen LogP contribution in [0.4, 0.5) is 0 Å². The second kappa shape index (κ2) is 2.49. The van der Waals surface area contributed by atoms with Crippen molar-refractivity contribution in [1.29, 1.82) is 0 Å². The summed E-state index contributed by atoms with van der Waals surface area (Å²) in [5.41, 5.74) is 0. The summed E-state index contributed by atoms with van der Waals surface area (Å²) < 4.78 is 7.17. The van der Waals surface area contributed by atoms with Crippen molar-refractivity contribution in [2.24, 2.45) is 0 Å². The normalized spacial score (nSPS) is 12.2. The molecule has 0 rings (SSSR count). The van der Waals surface area contributed by atoms with Crippen molar-refractivity contribution in [1.82, 2.24) is 0 Å². The third-order valence-corrected chi connectivity index (χ3v) is 0. The van der Waals surface area contributed by atoms with Gasteiger partial charge in [-0.05, 0) is 0 Å². The summed E-state index contributed by atoms with van der Waals surface area (Å²) in [5.74, 6) is 0. The van der Waals surface area contributed by atoms with Crippen molar-refractivity contribution < 1.29 is 9.46 Å². The molecule has 5 heavy (non-hydrogen) atoms. The van der Waals surface area contributed by atoms with Crippen molar-refractivity contribution in [2.75, 3.05) is 0 Å². The number of hydrogen-bond donors (Lipinski definition) is 0. The second-order valence-corrected chi connectivity index (χ2v) is 18.9. The molecule has 0 aliphatic rings. The predicted molar refractivity (Wildman–Crippen MR) is 19.8 cm³/mol. The molecule has 0 amide bonds. The number of hydrogen-bond acceptors (Lipinski definition) is 1. The van der Waals surface area contributed by atoms with Crippen LogP contribution in [0.15, 0.2) is 0 Å². The van der Waals surface area contributed by atoms with Gasteiger partial charge in [0.2, 0.25) is 0 Å². The Balaban J connectivity index is 3.47. The van der Waals surface area contributed by atoms with Gasteiger partial charge < -0.3 is 0 Å². The molecule has 0 bridgehead atoms. The Morgan fingerprint density at radius 2 is 1.40 bits per heavy atom. The Morgan fingerprint density at radius 3 is 1.40 bits per heavy atom. The van der Waals surface area contributed by atoms with Gasteiger partial charge in [0, 0.05) is 0 Å². The molecule has 0 N–H and O–H groups in total. The van der Waals surface area contributed by atoms with Crippen LogP contribution in [0.25, 0.3) is 0 Å². The van der Waals surface area contributed by atoms with Crippen LogP contribution in [-0.2, 0) is 9.46 Å². The minimum absolute atomic E-state index is 0.370. The molecular weight excluding hydrogens is 109 g/mol. The monoisotopic (exact) mass is 109 g/mol. The quantitative estimate of drug-likeness (QED) is 0.315. The van der Waals surface area contributed by atoms with Gasteiger partial charge in [0.1, 0.15) is 0 Å². The van der Waals surface area contributed by atoms with Gasteiger partial charge in [0.25, 0.3) is 0 Å². The second-order valence-electron chi connectivity index (χ2n) is 1.25. The summed E-state index contributed by atoms with van der Waals surface area (Å²) in [4.78, 5) is 9.78. The van der Waals surface area contributed by atoms with E-state index in [1.165, 1.54) is 0 Å². The molecule has 5 heteroatoms. The molecule has 0 heterocycles. The Kier molecular flexibility index (Phi) is 3.57. The Bertz CT molecular complexity index is 53.8. The van der Waals surface area contributed by atoms with Crippen molar-refractivity contribution in [3.05, 3.63) is 0 Å². The van der Waals surface area contributed by atoms with Gasteiger partial charge in [-0.2, -0.15) is 0 Å². The van der Waals surface area contributed by atoms with Crippen molar-refractivity contribution in [2.45, 2.75) is 0 Å². The first kappa shape index (κ1) is 7.19. The molecule has 0 aromatic rings. The average Bonchev–Trinajstić information content (AvgIpc) is 0.722. The molecule has 0 saturated heterocycles. The molecule has 0 aromatic carbocycles. The zero-order valence-corrected chi connectivity index (χ0v) is 8.16. The molecule has 0 spiro atoms. The van der Waals surface area contributed by atoms with E-state index in [4.69, 9.17) is 0 Å². The molecule has 19 valence electrons. The number of rotatable bonds is 0. The fourth-order valence-corrected chi connectivity index (χ4v) is 0. The third-order valence-electron chi connectivity index (χ3n) is 0. The van der Waals surface area contributed by atoms with Crippen LogP contribution in [0.3, 0.4) is 0 Å². The summed E-state index contributed by atoms with van der Waals surface area (Å²) in [6.45, 7) is 0. The molecule has 0 fully saturated rings. The van der Waals surface area contributed by atoms with E-state index < -0.39 is 0.883 Å². The Morgan fingerprint density at radius 1 is 1.40 bits per heavy atom.